The number of carbonyl (C=O) groups is 5. The van der Waals surface area contributed by atoms with Crippen molar-refractivity contribution in [1.82, 2.24) is 0 Å². The van der Waals surface area contributed by atoms with Crippen molar-refractivity contribution in [3.63, 3.8) is 0 Å². The number of ether oxygens (including phenoxy) is 3. The average Bonchev–Trinajstić information content (AvgIpc) is 3.34. The first-order valence-corrected chi connectivity index (χ1v) is 13.3. The smallest absolute Gasteiger partial charge is 0.207 e. The number of hydrogen-bond acceptors (Lipinski definition) is 9. The zero-order valence-corrected chi connectivity index (χ0v) is 23.1. The van der Waals surface area contributed by atoms with Crippen LogP contribution < -0.4 is 14.2 Å². The van der Waals surface area contributed by atoms with Crippen molar-refractivity contribution in [1.29, 1.82) is 0 Å². The molecule has 0 saturated carbocycles. The zero-order chi connectivity index (χ0) is 29.9. The summed E-state index contributed by atoms with van der Waals surface area (Å²) in [6.07, 6.45) is 2.30. The van der Waals surface area contributed by atoms with Crippen LogP contribution in [0.15, 0.2) is 48.6 Å². The highest BCUT2D eigenvalue weighted by molar-refractivity contribution is 6.34. The molecule has 0 fully saturated rings. The molecule has 0 amide bonds. The number of benzene rings is 3. The van der Waals surface area contributed by atoms with E-state index in [0.717, 1.165) is 6.08 Å². The van der Waals surface area contributed by atoms with Crippen molar-refractivity contribution < 1.29 is 43.3 Å². The van der Waals surface area contributed by atoms with E-state index in [-0.39, 0.29) is 57.1 Å². The Kier molecular flexibility index (Phi) is 5.16. The summed E-state index contributed by atoms with van der Waals surface area (Å²) in [5.74, 6) is -4.17. The Balaban J connectivity index is 1.55. The lowest BCUT2D eigenvalue weighted by molar-refractivity contribution is -0.139. The molecule has 1 spiro atoms. The second kappa shape index (κ2) is 8.33. The highest BCUT2D eigenvalue weighted by atomic mass is 16.5. The molecule has 0 saturated heterocycles. The van der Waals surface area contributed by atoms with Crippen LogP contribution in [-0.2, 0) is 11.2 Å². The third-order valence-corrected chi connectivity index (χ3v) is 9.23. The molecule has 0 heterocycles. The van der Waals surface area contributed by atoms with Crippen LogP contribution in [0, 0.1) is 12.3 Å². The molecule has 3 aromatic rings. The third kappa shape index (κ3) is 2.74. The molecular formula is C33H24O9. The predicted octanol–water partition coefficient (Wildman–Crippen LogP) is 3.37. The van der Waals surface area contributed by atoms with Gasteiger partial charge in [-0.25, -0.2) is 0 Å². The van der Waals surface area contributed by atoms with Crippen LogP contribution >= 0.6 is 0 Å². The second-order valence-corrected chi connectivity index (χ2v) is 11.1. The average molecular weight is 565 g/mol. The van der Waals surface area contributed by atoms with E-state index in [1.54, 1.807) is 37.3 Å². The zero-order valence-electron chi connectivity index (χ0n) is 23.1. The number of methoxy groups -OCH3 is 3. The van der Waals surface area contributed by atoms with Gasteiger partial charge in [-0.05, 0) is 60.4 Å². The minimum atomic E-state index is -2.78. The summed E-state index contributed by atoms with van der Waals surface area (Å²) in [6, 6.07) is 9.36. The first-order valence-electron chi connectivity index (χ1n) is 13.3. The molecule has 7 rings (SSSR count). The molecule has 0 aromatic heterocycles. The molecule has 9 heteroatoms. The molecular weight excluding hydrogens is 540 g/mol. The van der Waals surface area contributed by atoms with Gasteiger partial charge >= 0.3 is 0 Å². The Morgan fingerprint density at radius 1 is 0.762 bits per heavy atom. The summed E-state index contributed by atoms with van der Waals surface area (Å²) in [6.45, 7) is 1.74. The van der Waals surface area contributed by atoms with Gasteiger partial charge in [0.1, 0.15) is 17.2 Å². The number of aliphatic hydroxyl groups is 1. The van der Waals surface area contributed by atoms with Crippen molar-refractivity contribution in [3.8, 4) is 17.2 Å². The standard InChI is InChI=1S/C33H24O9/c1-14-10-17-25(20(11-14)41-3)31(38)33(39)22(34)9-8-18-23-15(13-32(18,33)30(17)37)12-21(42-4)26-27(23)28(35)16-6-5-7-19(40-2)24(16)29(26)36/h5-12,18,39H,13H2,1-4H3. The van der Waals surface area contributed by atoms with E-state index in [0.29, 0.717) is 16.7 Å². The minimum Gasteiger partial charge on any atom is -0.496 e. The summed E-state index contributed by atoms with van der Waals surface area (Å²) in [5, 5.41) is 12.2. The van der Waals surface area contributed by atoms with Gasteiger partial charge in [0, 0.05) is 22.6 Å². The number of rotatable bonds is 3. The van der Waals surface area contributed by atoms with Crippen LogP contribution in [0.2, 0.25) is 0 Å². The van der Waals surface area contributed by atoms with Crippen molar-refractivity contribution in [3.05, 3.63) is 98.6 Å². The van der Waals surface area contributed by atoms with E-state index in [9.17, 15) is 29.1 Å². The van der Waals surface area contributed by atoms with E-state index >= 15 is 0 Å². The van der Waals surface area contributed by atoms with Crippen molar-refractivity contribution in [2.45, 2.75) is 24.9 Å². The molecule has 9 nitrogen and oxygen atoms in total. The van der Waals surface area contributed by atoms with Crippen LogP contribution in [-0.4, -0.2) is 61.0 Å². The molecule has 3 unspecified atom stereocenters. The Labute approximate surface area is 239 Å². The minimum absolute atomic E-state index is 0.00311. The van der Waals surface area contributed by atoms with Gasteiger partial charge in [0.15, 0.2) is 17.3 Å². The number of Topliss-reactive ketones (excluding diaryl/α,β-unsaturated/α-hetero) is 2. The first kappa shape index (κ1) is 26.0. The predicted molar refractivity (Wildman–Crippen MR) is 147 cm³/mol. The first-order chi connectivity index (χ1) is 20.1. The molecule has 0 bridgehead atoms. The van der Waals surface area contributed by atoms with E-state index in [2.05, 4.69) is 0 Å². The summed E-state index contributed by atoms with van der Waals surface area (Å²) >= 11 is 0. The fourth-order valence-electron chi connectivity index (χ4n) is 7.48. The highest BCUT2D eigenvalue weighted by Crippen LogP contribution is 2.63. The van der Waals surface area contributed by atoms with Crippen LogP contribution in [0.5, 0.6) is 17.2 Å². The van der Waals surface area contributed by atoms with Crippen LogP contribution in [0.3, 0.4) is 0 Å². The molecule has 3 atom stereocenters. The van der Waals surface area contributed by atoms with E-state index < -0.39 is 45.9 Å². The fourth-order valence-corrected chi connectivity index (χ4v) is 7.48. The van der Waals surface area contributed by atoms with Gasteiger partial charge in [0.05, 0.1) is 43.4 Å². The maximum absolute atomic E-state index is 14.6. The molecule has 0 radical (unpaired) electrons. The fraction of sp³-hybridized carbons (Fsp3) is 0.242. The molecule has 1 N–H and O–H groups in total. The summed E-state index contributed by atoms with van der Waals surface area (Å²) in [7, 11) is 4.10. The number of carbonyl (C=O) groups excluding carboxylic acids is 5. The molecule has 4 aliphatic rings. The van der Waals surface area contributed by atoms with Gasteiger partial charge in [0.2, 0.25) is 17.2 Å². The second-order valence-electron chi connectivity index (χ2n) is 11.1. The van der Waals surface area contributed by atoms with Gasteiger partial charge in [-0.2, -0.15) is 0 Å². The molecule has 210 valence electrons. The van der Waals surface area contributed by atoms with Gasteiger partial charge in [-0.3, -0.25) is 24.0 Å². The van der Waals surface area contributed by atoms with Crippen molar-refractivity contribution in [2.24, 2.45) is 5.41 Å². The normalized spacial score (nSPS) is 24.8. The van der Waals surface area contributed by atoms with Gasteiger partial charge < -0.3 is 19.3 Å². The van der Waals surface area contributed by atoms with Crippen LogP contribution in [0.4, 0.5) is 0 Å². The van der Waals surface area contributed by atoms with Gasteiger partial charge in [-0.15, -0.1) is 0 Å². The maximum atomic E-state index is 14.6. The molecule has 0 aliphatic heterocycles. The molecule has 3 aromatic carbocycles. The number of fused-ring (bicyclic) bond motifs is 6. The summed E-state index contributed by atoms with van der Waals surface area (Å²) in [5.41, 5.74) is -3.31. The quantitative estimate of drug-likeness (QED) is 0.372. The van der Waals surface area contributed by atoms with Gasteiger partial charge in [-0.1, -0.05) is 18.2 Å². The van der Waals surface area contributed by atoms with E-state index in [1.165, 1.54) is 33.5 Å². The van der Waals surface area contributed by atoms with Crippen molar-refractivity contribution >= 4 is 28.9 Å². The number of hydrogen-bond donors (Lipinski definition) is 1. The SMILES string of the molecule is COc1cccc2c1C(=O)c1c(OC)cc3c(c1C2=O)C1C=CC(=O)C2(O)C(=O)c4c(OC)cc(C)cc4C(=O)C12C3. The molecule has 42 heavy (non-hydrogen) atoms. The van der Waals surface area contributed by atoms with Crippen LogP contribution in [0.1, 0.15) is 75.2 Å². The monoisotopic (exact) mass is 564 g/mol. The lowest BCUT2D eigenvalue weighted by Gasteiger charge is -2.49. The van der Waals surface area contributed by atoms with E-state index in [1.807, 2.05) is 0 Å². The van der Waals surface area contributed by atoms with Crippen LogP contribution in [0.25, 0.3) is 0 Å². The third-order valence-electron chi connectivity index (χ3n) is 9.23. The number of ketones is 5. The Hall–Kier alpha value is -4.89. The topological polar surface area (TPSA) is 133 Å². The lowest BCUT2D eigenvalue weighted by Crippen LogP contribution is -2.68. The number of allylic oxidation sites excluding steroid dienone is 1. The van der Waals surface area contributed by atoms with E-state index in [4.69, 9.17) is 14.2 Å². The Morgan fingerprint density at radius 3 is 2.14 bits per heavy atom. The lowest BCUT2D eigenvalue weighted by atomic mass is 9.51. The molecule has 4 aliphatic carbocycles. The summed E-state index contributed by atoms with van der Waals surface area (Å²) < 4.78 is 16.4. The van der Waals surface area contributed by atoms with Gasteiger partial charge in [0.25, 0.3) is 0 Å². The maximum Gasteiger partial charge on any atom is 0.207 e. The highest BCUT2D eigenvalue weighted by Gasteiger charge is 2.73. The summed E-state index contributed by atoms with van der Waals surface area (Å²) in [4.78, 5) is 70.5. The Morgan fingerprint density at radius 2 is 1.45 bits per heavy atom. The largest absolute Gasteiger partial charge is 0.496 e. The Bertz CT molecular complexity index is 1900. The van der Waals surface area contributed by atoms with Crippen molar-refractivity contribution in [2.75, 3.05) is 21.3 Å². The number of aryl methyl sites for hydroxylation is 1.